The van der Waals surface area contributed by atoms with Gasteiger partial charge in [-0.15, -0.1) is 0 Å². The van der Waals surface area contributed by atoms with Crippen molar-refractivity contribution >= 4 is 33.4 Å². The van der Waals surface area contributed by atoms with E-state index in [2.05, 4.69) is 37.6 Å². The molecule has 3 N–H and O–H groups in total. The van der Waals surface area contributed by atoms with Gasteiger partial charge in [-0.05, 0) is 59.2 Å². The number of benzene rings is 3. The van der Waals surface area contributed by atoms with Gasteiger partial charge in [0.1, 0.15) is 11.5 Å². The van der Waals surface area contributed by atoms with Crippen molar-refractivity contribution in [3.8, 4) is 33.6 Å². The zero-order chi connectivity index (χ0) is 25.5. The Balaban J connectivity index is 1.41. The molecule has 0 bridgehead atoms. The molecule has 0 unspecified atom stereocenters. The Morgan fingerprint density at radius 3 is 2.49 bits per heavy atom. The highest BCUT2D eigenvalue weighted by atomic mass is 19.1. The number of carbonyl (C=O) groups excluding carboxylic acids is 1. The fourth-order valence-electron chi connectivity index (χ4n) is 4.52. The normalized spacial score (nSPS) is 11.5. The number of aromatic nitrogens is 4. The molecule has 3 aromatic carbocycles. The van der Waals surface area contributed by atoms with Crippen molar-refractivity contribution < 1.29 is 9.18 Å². The number of nitrogens with one attached hydrogen (secondary N) is 3. The highest BCUT2D eigenvalue weighted by Gasteiger charge is 2.15. The molecule has 6 aromatic rings. The second-order valence-corrected chi connectivity index (χ2v) is 9.40. The summed E-state index contributed by atoms with van der Waals surface area (Å²) in [7, 11) is 0. The first-order valence-electron chi connectivity index (χ1n) is 12.1. The minimum atomic E-state index is -0.257. The van der Waals surface area contributed by atoms with E-state index in [0.29, 0.717) is 5.69 Å². The van der Waals surface area contributed by atoms with Crippen LogP contribution in [-0.2, 0) is 4.79 Å². The Morgan fingerprint density at radius 2 is 1.68 bits per heavy atom. The van der Waals surface area contributed by atoms with Crippen molar-refractivity contribution in [2.24, 2.45) is 5.92 Å². The lowest BCUT2D eigenvalue weighted by atomic mass is 10.0. The van der Waals surface area contributed by atoms with Gasteiger partial charge in [0.2, 0.25) is 5.91 Å². The van der Waals surface area contributed by atoms with Crippen LogP contribution in [0.25, 0.3) is 55.4 Å². The first-order chi connectivity index (χ1) is 18.0. The van der Waals surface area contributed by atoms with E-state index in [1.54, 1.807) is 24.5 Å². The molecule has 3 heterocycles. The van der Waals surface area contributed by atoms with E-state index in [1.165, 1.54) is 12.1 Å². The standard InChI is InChI=1S/C30H24FN5O/c1-17(2)30(37)33-22-12-20(15-32-16-22)19-8-11-27-25(13-19)29(36-35-27)28-14-24-23(4-3-5-26(24)34-28)18-6-9-21(31)10-7-18/h3-17,34H,1-2H3,(H,33,37)(H,35,36). The van der Waals surface area contributed by atoms with Gasteiger partial charge in [-0.3, -0.25) is 14.9 Å². The predicted molar refractivity (Wildman–Crippen MR) is 145 cm³/mol. The lowest BCUT2D eigenvalue weighted by molar-refractivity contribution is -0.118. The molecular formula is C30H24FN5O. The summed E-state index contributed by atoms with van der Waals surface area (Å²) >= 11 is 0. The first-order valence-corrected chi connectivity index (χ1v) is 12.1. The Morgan fingerprint density at radius 1 is 0.865 bits per heavy atom. The number of fused-ring (bicyclic) bond motifs is 2. The molecule has 0 aliphatic rings. The van der Waals surface area contributed by atoms with Crippen LogP contribution >= 0.6 is 0 Å². The van der Waals surface area contributed by atoms with E-state index in [9.17, 15) is 9.18 Å². The van der Waals surface area contributed by atoms with Gasteiger partial charge in [0.15, 0.2) is 0 Å². The Bertz CT molecular complexity index is 1760. The Labute approximate surface area is 212 Å². The van der Waals surface area contributed by atoms with Gasteiger partial charge in [-0.1, -0.05) is 44.2 Å². The number of pyridine rings is 1. The fraction of sp³-hybridized carbons (Fsp3) is 0.100. The van der Waals surface area contributed by atoms with Crippen LogP contribution in [0.4, 0.5) is 10.1 Å². The molecule has 3 aromatic heterocycles. The zero-order valence-corrected chi connectivity index (χ0v) is 20.3. The maximum Gasteiger partial charge on any atom is 0.226 e. The first kappa shape index (κ1) is 22.7. The third kappa shape index (κ3) is 4.25. The molecule has 0 aliphatic heterocycles. The smallest absolute Gasteiger partial charge is 0.226 e. The average molecular weight is 490 g/mol. The van der Waals surface area contributed by atoms with Crippen molar-refractivity contribution in [2.45, 2.75) is 13.8 Å². The zero-order valence-electron chi connectivity index (χ0n) is 20.3. The number of amides is 1. The second-order valence-electron chi connectivity index (χ2n) is 9.40. The van der Waals surface area contributed by atoms with Crippen LogP contribution < -0.4 is 5.32 Å². The van der Waals surface area contributed by atoms with Crippen molar-refractivity contribution in [2.75, 3.05) is 5.32 Å². The summed E-state index contributed by atoms with van der Waals surface area (Å²) in [5, 5.41) is 12.6. The van der Waals surface area contributed by atoms with E-state index in [-0.39, 0.29) is 17.6 Å². The fourth-order valence-corrected chi connectivity index (χ4v) is 4.52. The molecule has 7 heteroatoms. The van der Waals surface area contributed by atoms with Gasteiger partial charge < -0.3 is 10.3 Å². The van der Waals surface area contributed by atoms with Gasteiger partial charge in [-0.25, -0.2) is 4.39 Å². The van der Waals surface area contributed by atoms with Crippen molar-refractivity contribution in [1.29, 1.82) is 0 Å². The number of aromatic amines is 2. The number of nitrogens with zero attached hydrogens (tertiary/aromatic N) is 2. The summed E-state index contributed by atoms with van der Waals surface area (Å²) in [5.41, 5.74) is 8.05. The van der Waals surface area contributed by atoms with Crippen LogP contribution in [0, 0.1) is 11.7 Å². The summed E-state index contributed by atoms with van der Waals surface area (Å²) in [6.07, 6.45) is 3.43. The second kappa shape index (κ2) is 9.02. The summed E-state index contributed by atoms with van der Waals surface area (Å²) in [6.45, 7) is 3.71. The molecule has 0 radical (unpaired) electrons. The van der Waals surface area contributed by atoms with E-state index >= 15 is 0 Å². The number of halogens is 1. The number of rotatable bonds is 5. The van der Waals surface area contributed by atoms with Gasteiger partial charge in [0.25, 0.3) is 0 Å². The van der Waals surface area contributed by atoms with E-state index in [0.717, 1.165) is 55.4 Å². The maximum absolute atomic E-state index is 13.5. The third-order valence-electron chi connectivity index (χ3n) is 6.50. The summed E-state index contributed by atoms with van der Waals surface area (Å²) in [6, 6.07) is 22.7. The molecule has 182 valence electrons. The maximum atomic E-state index is 13.5. The minimum absolute atomic E-state index is 0.0506. The number of H-pyrrole nitrogens is 2. The molecular weight excluding hydrogens is 465 g/mol. The highest BCUT2D eigenvalue weighted by Crippen LogP contribution is 2.35. The predicted octanol–water partition coefficient (Wildman–Crippen LogP) is 7.17. The third-order valence-corrected chi connectivity index (χ3v) is 6.50. The lowest BCUT2D eigenvalue weighted by Gasteiger charge is -2.09. The molecule has 6 rings (SSSR count). The van der Waals surface area contributed by atoms with Gasteiger partial charge in [-0.2, -0.15) is 5.10 Å². The number of hydrogen-bond donors (Lipinski definition) is 3. The molecule has 0 saturated carbocycles. The number of carbonyl (C=O) groups is 1. The monoisotopic (exact) mass is 489 g/mol. The lowest BCUT2D eigenvalue weighted by Crippen LogP contribution is -2.17. The molecule has 1 amide bonds. The van der Waals surface area contributed by atoms with Crippen LogP contribution in [-0.4, -0.2) is 26.1 Å². The molecule has 6 nitrogen and oxygen atoms in total. The van der Waals surface area contributed by atoms with Crippen LogP contribution in [0.1, 0.15) is 13.8 Å². The van der Waals surface area contributed by atoms with Crippen molar-refractivity contribution in [3.05, 3.63) is 91.0 Å². The Kier molecular flexibility index (Phi) is 5.53. The number of hydrogen-bond acceptors (Lipinski definition) is 3. The quantitative estimate of drug-likeness (QED) is 0.240. The Hall–Kier alpha value is -4.78. The van der Waals surface area contributed by atoms with Crippen LogP contribution in [0.3, 0.4) is 0 Å². The molecule has 0 saturated heterocycles. The van der Waals surface area contributed by atoms with Gasteiger partial charge in [0, 0.05) is 34.0 Å². The highest BCUT2D eigenvalue weighted by molar-refractivity contribution is 6.02. The SMILES string of the molecule is CC(C)C(=O)Nc1cncc(-c2ccc3[nH]nc(-c4cc5c(-c6ccc(F)cc6)cccc5[nH]4)c3c2)c1. The minimum Gasteiger partial charge on any atom is -0.353 e. The van der Waals surface area contributed by atoms with E-state index in [1.807, 2.05) is 50.2 Å². The van der Waals surface area contributed by atoms with Crippen LogP contribution in [0.15, 0.2) is 85.2 Å². The van der Waals surface area contributed by atoms with Crippen molar-refractivity contribution in [1.82, 2.24) is 20.2 Å². The van der Waals surface area contributed by atoms with E-state index < -0.39 is 0 Å². The number of anilines is 1. The largest absolute Gasteiger partial charge is 0.353 e. The molecule has 0 aliphatic carbocycles. The summed E-state index contributed by atoms with van der Waals surface area (Å²) < 4.78 is 13.5. The topological polar surface area (TPSA) is 86.5 Å². The molecule has 0 fully saturated rings. The van der Waals surface area contributed by atoms with Gasteiger partial charge >= 0.3 is 0 Å². The van der Waals surface area contributed by atoms with Crippen molar-refractivity contribution in [3.63, 3.8) is 0 Å². The average Bonchev–Trinajstić information content (AvgIpc) is 3.53. The summed E-state index contributed by atoms with van der Waals surface area (Å²) in [4.78, 5) is 20.0. The van der Waals surface area contributed by atoms with Gasteiger partial charge in [0.05, 0.1) is 23.1 Å². The molecule has 0 spiro atoms. The molecule has 37 heavy (non-hydrogen) atoms. The summed E-state index contributed by atoms with van der Waals surface area (Å²) in [5.74, 6) is -0.425. The van der Waals surface area contributed by atoms with Crippen LogP contribution in [0.5, 0.6) is 0 Å². The van der Waals surface area contributed by atoms with E-state index in [4.69, 9.17) is 0 Å². The van der Waals surface area contributed by atoms with Crippen LogP contribution in [0.2, 0.25) is 0 Å². The molecule has 0 atom stereocenters.